The highest BCUT2D eigenvalue weighted by Gasteiger charge is 2.45. The van der Waals surface area contributed by atoms with E-state index in [4.69, 9.17) is 4.42 Å². The van der Waals surface area contributed by atoms with Crippen LogP contribution >= 0.6 is 11.3 Å². The molecule has 1 aliphatic rings. The number of carbonyl (C=O) groups is 1. The quantitative estimate of drug-likeness (QED) is 0.534. The van der Waals surface area contributed by atoms with Gasteiger partial charge >= 0.3 is 0 Å². The number of para-hydroxylation sites is 1. The third kappa shape index (κ3) is 2.72. The molecule has 1 amide bonds. The molecule has 4 aromatic rings. The zero-order valence-electron chi connectivity index (χ0n) is 16.2. The van der Waals surface area contributed by atoms with Crippen molar-refractivity contribution in [3.05, 3.63) is 80.6 Å². The summed E-state index contributed by atoms with van der Waals surface area (Å²) < 4.78 is 5.89. The second kappa shape index (κ2) is 6.77. The molecular weight excluding hydrogens is 402 g/mol. The van der Waals surface area contributed by atoms with E-state index in [0.717, 1.165) is 5.01 Å². The summed E-state index contributed by atoms with van der Waals surface area (Å²) in [6.45, 7) is 3.99. The fourth-order valence-corrected chi connectivity index (χ4v) is 4.56. The van der Waals surface area contributed by atoms with E-state index >= 15 is 0 Å². The molecule has 0 radical (unpaired) electrons. The summed E-state index contributed by atoms with van der Waals surface area (Å²) in [5.41, 5.74) is 0.910. The van der Waals surface area contributed by atoms with Crippen LogP contribution in [-0.4, -0.2) is 21.2 Å². The maximum absolute atomic E-state index is 13.4. The molecule has 3 heterocycles. The van der Waals surface area contributed by atoms with Crippen molar-refractivity contribution in [2.75, 3.05) is 4.90 Å². The van der Waals surface area contributed by atoms with Gasteiger partial charge in [0.2, 0.25) is 10.9 Å². The third-order valence-corrected chi connectivity index (χ3v) is 6.32. The van der Waals surface area contributed by atoms with Crippen LogP contribution in [0.25, 0.3) is 11.0 Å². The highest BCUT2D eigenvalue weighted by Crippen LogP contribution is 2.43. The Balaban J connectivity index is 1.79. The summed E-state index contributed by atoms with van der Waals surface area (Å²) in [6.07, 6.45) is 0. The summed E-state index contributed by atoms with van der Waals surface area (Å²) in [5.74, 6) is -0.266. The van der Waals surface area contributed by atoms with Gasteiger partial charge < -0.3 is 9.52 Å². The van der Waals surface area contributed by atoms with E-state index in [9.17, 15) is 14.7 Å². The number of benzene rings is 2. The average molecular weight is 419 g/mol. The Hall–Kier alpha value is -3.52. The van der Waals surface area contributed by atoms with Gasteiger partial charge in [-0.25, -0.2) is 0 Å². The van der Waals surface area contributed by atoms with Crippen LogP contribution in [0, 0.1) is 0 Å². The summed E-state index contributed by atoms with van der Waals surface area (Å²) in [6, 6.07) is 12.6. The van der Waals surface area contributed by atoms with Crippen molar-refractivity contribution < 1.29 is 14.3 Å². The van der Waals surface area contributed by atoms with Gasteiger partial charge in [-0.2, -0.15) is 0 Å². The molecule has 2 aromatic heterocycles. The highest BCUT2D eigenvalue weighted by atomic mass is 32.1. The van der Waals surface area contributed by atoms with Crippen molar-refractivity contribution in [2.24, 2.45) is 0 Å². The fourth-order valence-electron chi connectivity index (χ4n) is 3.68. The van der Waals surface area contributed by atoms with E-state index in [1.54, 1.807) is 42.5 Å². The van der Waals surface area contributed by atoms with Crippen LogP contribution < -0.4 is 10.3 Å². The van der Waals surface area contributed by atoms with Crippen LogP contribution in [-0.2, 0) is 0 Å². The Bertz CT molecular complexity index is 1360. The molecule has 150 valence electrons. The van der Waals surface area contributed by atoms with E-state index in [1.165, 1.54) is 22.3 Å². The highest BCUT2D eigenvalue weighted by molar-refractivity contribution is 7.15. The molecular formula is C22H17N3O4S. The molecule has 1 aliphatic heterocycles. The molecule has 30 heavy (non-hydrogen) atoms. The first-order chi connectivity index (χ1) is 14.5. The molecule has 0 saturated carbocycles. The van der Waals surface area contributed by atoms with Crippen molar-refractivity contribution in [1.82, 2.24) is 10.2 Å². The average Bonchev–Trinajstić information content (AvgIpc) is 3.32. The lowest BCUT2D eigenvalue weighted by molar-refractivity contribution is 0.0970. The number of rotatable bonds is 3. The van der Waals surface area contributed by atoms with Gasteiger partial charge in [0, 0.05) is 5.92 Å². The first kappa shape index (κ1) is 18.5. The topological polar surface area (TPSA) is 96.5 Å². The van der Waals surface area contributed by atoms with Crippen molar-refractivity contribution in [2.45, 2.75) is 25.8 Å². The summed E-state index contributed by atoms with van der Waals surface area (Å²) >= 11 is 1.30. The van der Waals surface area contributed by atoms with Gasteiger partial charge in [0.25, 0.3) is 5.91 Å². The van der Waals surface area contributed by atoms with Gasteiger partial charge in [-0.3, -0.25) is 14.5 Å². The number of hydrogen-bond acceptors (Lipinski definition) is 7. The Morgan fingerprint density at radius 1 is 1.10 bits per heavy atom. The van der Waals surface area contributed by atoms with Gasteiger partial charge in [0.15, 0.2) is 5.43 Å². The Morgan fingerprint density at radius 2 is 1.90 bits per heavy atom. The number of phenolic OH excluding ortho intramolecular Hbond substituents is 1. The number of phenols is 1. The number of nitrogens with zero attached hydrogens (tertiary/aromatic N) is 3. The number of amides is 1. The van der Waals surface area contributed by atoms with Crippen LogP contribution in [0.4, 0.5) is 5.13 Å². The fraction of sp³-hybridized carbons (Fsp3) is 0.182. The number of carbonyl (C=O) groups excluding carboxylic acids is 1. The maximum Gasteiger partial charge on any atom is 0.297 e. The van der Waals surface area contributed by atoms with E-state index in [2.05, 4.69) is 10.2 Å². The molecule has 8 heteroatoms. The molecule has 2 aromatic carbocycles. The van der Waals surface area contributed by atoms with Crippen LogP contribution in [0.15, 0.2) is 57.7 Å². The predicted octanol–water partition coefficient (Wildman–Crippen LogP) is 4.22. The zero-order valence-corrected chi connectivity index (χ0v) is 17.0. The number of hydrogen-bond donors (Lipinski definition) is 1. The molecule has 1 atom stereocenters. The second-order valence-electron chi connectivity index (χ2n) is 7.42. The number of anilines is 1. The van der Waals surface area contributed by atoms with Crippen LogP contribution in [0.3, 0.4) is 0 Å². The van der Waals surface area contributed by atoms with Gasteiger partial charge in [0.1, 0.15) is 16.3 Å². The zero-order chi connectivity index (χ0) is 21.0. The molecule has 7 nitrogen and oxygen atoms in total. The normalized spacial score (nSPS) is 15.9. The maximum atomic E-state index is 13.4. The molecule has 0 unspecified atom stereocenters. The predicted molar refractivity (Wildman–Crippen MR) is 113 cm³/mol. The molecule has 5 rings (SSSR count). The second-order valence-corrected chi connectivity index (χ2v) is 8.41. The van der Waals surface area contributed by atoms with Crippen molar-refractivity contribution in [1.29, 1.82) is 0 Å². The molecule has 1 N–H and O–H groups in total. The van der Waals surface area contributed by atoms with E-state index in [1.807, 2.05) is 13.8 Å². The number of aromatic nitrogens is 2. The first-order valence-corrected chi connectivity index (χ1v) is 10.3. The molecule has 0 saturated heterocycles. The lowest BCUT2D eigenvalue weighted by Gasteiger charge is -2.22. The Morgan fingerprint density at radius 3 is 2.63 bits per heavy atom. The Labute approximate surface area is 175 Å². The molecule has 0 spiro atoms. The molecule has 0 bridgehead atoms. The minimum atomic E-state index is -0.770. The third-order valence-electron chi connectivity index (χ3n) is 5.09. The van der Waals surface area contributed by atoms with Crippen molar-refractivity contribution in [3.8, 4) is 5.75 Å². The Kier molecular flexibility index (Phi) is 4.18. The summed E-state index contributed by atoms with van der Waals surface area (Å²) in [5, 5.41) is 20.0. The van der Waals surface area contributed by atoms with Gasteiger partial charge in [0.05, 0.1) is 17.0 Å². The number of fused-ring (bicyclic) bond motifs is 2. The SMILES string of the molecule is CC(C)c1nnc(N2C(=O)c3oc4ccccc4c(=O)c3[C@@H]2c2cccc(O)c2)s1. The van der Waals surface area contributed by atoms with Crippen molar-refractivity contribution >= 4 is 33.3 Å². The van der Waals surface area contributed by atoms with Crippen LogP contribution in [0.2, 0.25) is 0 Å². The van der Waals surface area contributed by atoms with E-state index < -0.39 is 11.9 Å². The first-order valence-electron chi connectivity index (χ1n) is 9.47. The lowest BCUT2D eigenvalue weighted by atomic mass is 9.98. The number of aromatic hydroxyl groups is 1. The van der Waals surface area contributed by atoms with Crippen LogP contribution in [0.5, 0.6) is 5.75 Å². The van der Waals surface area contributed by atoms with Gasteiger partial charge in [-0.1, -0.05) is 49.4 Å². The molecule has 0 aliphatic carbocycles. The monoisotopic (exact) mass is 419 g/mol. The minimum absolute atomic E-state index is 0.00617. The summed E-state index contributed by atoms with van der Waals surface area (Å²) in [4.78, 5) is 28.2. The van der Waals surface area contributed by atoms with Gasteiger partial charge in [-0.05, 0) is 29.8 Å². The van der Waals surface area contributed by atoms with E-state index in [0.29, 0.717) is 21.7 Å². The van der Waals surface area contributed by atoms with Crippen molar-refractivity contribution in [3.63, 3.8) is 0 Å². The summed E-state index contributed by atoms with van der Waals surface area (Å²) in [7, 11) is 0. The van der Waals surface area contributed by atoms with Crippen LogP contribution in [0.1, 0.15) is 52.5 Å². The smallest absolute Gasteiger partial charge is 0.297 e. The standard InChI is InChI=1S/C22H17N3O4S/c1-11(2)20-23-24-22(30-20)25-17(12-6-5-7-13(26)10-12)16-18(27)14-8-3-4-9-15(14)29-19(16)21(25)28/h3-11,17,26H,1-2H3/t17-/m0/s1. The van der Waals surface area contributed by atoms with E-state index in [-0.39, 0.29) is 28.4 Å². The molecule has 0 fully saturated rings. The lowest BCUT2D eigenvalue weighted by Crippen LogP contribution is -2.29. The minimum Gasteiger partial charge on any atom is -0.508 e. The largest absolute Gasteiger partial charge is 0.508 e. The van der Waals surface area contributed by atoms with Gasteiger partial charge in [-0.15, -0.1) is 10.2 Å².